The second-order valence-electron chi connectivity index (χ2n) is 4.22. The molecule has 0 bridgehead atoms. The highest BCUT2D eigenvalue weighted by Gasteiger charge is 2.17. The smallest absolute Gasteiger partial charge is 0.272 e. The van der Waals surface area contributed by atoms with E-state index in [9.17, 15) is 14.9 Å². The summed E-state index contributed by atoms with van der Waals surface area (Å²) in [6.07, 6.45) is 0. The maximum Gasteiger partial charge on any atom is 0.272 e. The van der Waals surface area contributed by atoms with Gasteiger partial charge in [0.25, 0.3) is 11.6 Å². The van der Waals surface area contributed by atoms with Crippen LogP contribution in [0, 0.1) is 17.0 Å². The minimum absolute atomic E-state index is 0.0138. The minimum Gasteiger partial charge on any atom is -0.340 e. The maximum absolute atomic E-state index is 12.0. The van der Waals surface area contributed by atoms with Gasteiger partial charge in [-0.25, -0.2) is 0 Å². The SMILES string of the molecule is Cc1cc(C(=O)N(C)CC(C)Cl)ccc1[N+](=O)[O-]. The Labute approximate surface area is 110 Å². The number of aryl methyl sites for hydroxylation is 1. The summed E-state index contributed by atoms with van der Waals surface area (Å²) in [6, 6.07) is 4.33. The molecular weight excluding hydrogens is 256 g/mol. The molecule has 0 aromatic heterocycles. The van der Waals surface area contributed by atoms with Gasteiger partial charge in [0.2, 0.25) is 0 Å². The molecule has 6 heteroatoms. The first-order chi connectivity index (χ1) is 8.32. The molecule has 0 heterocycles. The fraction of sp³-hybridized carbons (Fsp3) is 0.417. The molecular formula is C12H15ClN2O3. The predicted molar refractivity (Wildman–Crippen MR) is 70.1 cm³/mol. The lowest BCUT2D eigenvalue weighted by Gasteiger charge is -2.18. The number of benzene rings is 1. The zero-order chi connectivity index (χ0) is 13.9. The summed E-state index contributed by atoms with van der Waals surface area (Å²) >= 11 is 5.82. The highest BCUT2D eigenvalue weighted by Crippen LogP contribution is 2.19. The summed E-state index contributed by atoms with van der Waals surface area (Å²) in [5.74, 6) is -0.194. The summed E-state index contributed by atoms with van der Waals surface area (Å²) in [6.45, 7) is 3.84. The lowest BCUT2D eigenvalue weighted by molar-refractivity contribution is -0.385. The molecule has 0 saturated heterocycles. The van der Waals surface area contributed by atoms with Crippen molar-refractivity contribution >= 4 is 23.2 Å². The standard InChI is InChI=1S/C12H15ClN2O3/c1-8-6-10(4-5-11(8)15(17)18)12(16)14(3)7-9(2)13/h4-6,9H,7H2,1-3H3. The van der Waals surface area contributed by atoms with Gasteiger partial charge in [-0.2, -0.15) is 0 Å². The number of carbonyl (C=O) groups excluding carboxylic acids is 1. The monoisotopic (exact) mass is 270 g/mol. The molecule has 98 valence electrons. The van der Waals surface area contributed by atoms with Crippen molar-refractivity contribution in [1.82, 2.24) is 4.90 Å². The van der Waals surface area contributed by atoms with Gasteiger partial charge in [-0.05, 0) is 26.0 Å². The molecule has 0 spiro atoms. The van der Waals surface area contributed by atoms with Crippen molar-refractivity contribution < 1.29 is 9.72 Å². The number of nitrogens with zero attached hydrogens (tertiary/aromatic N) is 2. The molecule has 0 aliphatic heterocycles. The Morgan fingerprint density at radius 2 is 2.17 bits per heavy atom. The molecule has 0 aliphatic carbocycles. The quantitative estimate of drug-likeness (QED) is 0.480. The van der Waals surface area contributed by atoms with E-state index in [-0.39, 0.29) is 17.0 Å². The molecule has 1 aromatic rings. The molecule has 0 saturated carbocycles. The van der Waals surface area contributed by atoms with Gasteiger partial charge in [0.1, 0.15) is 0 Å². The number of carbonyl (C=O) groups is 1. The number of amides is 1. The third kappa shape index (κ3) is 3.43. The molecule has 0 radical (unpaired) electrons. The third-order valence-corrected chi connectivity index (χ3v) is 2.65. The summed E-state index contributed by atoms with van der Waals surface area (Å²) in [5.41, 5.74) is 0.913. The number of rotatable bonds is 4. The molecule has 1 aromatic carbocycles. The largest absolute Gasteiger partial charge is 0.340 e. The summed E-state index contributed by atoms with van der Waals surface area (Å²) in [7, 11) is 1.65. The van der Waals surface area contributed by atoms with Crippen LogP contribution >= 0.6 is 11.6 Å². The predicted octanol–water partition coefficient (Wildman–Crippen LogP) is 2.60. The third-order valence-electron chi connectivity index (χ3n) is 2.51. The molecule has 1 amide bonds. The maximum atomic E-state index is 12.0. The van der Waals surface area contributed by atoms with Crippen LogP contribution in [0.4, 0.5) is 5.69 Å². The Balaban J connectivity index is 2.94. The number of nitro benzene ring substituents is 1. The Bertz CT molecular complexity index is 474. The van der Waals surface area contributed by atoms with Crippen molar-refractivity contribution in [1.29, 1.82) is 0 Å². The zero-order valence-electron chi connectivity index (χ0n) is 10.5. The van der Waals surface area contributed by atoms with E-state index in [0.29, 0.717) is 17.7 Å². The van der Waals surface area contributed by atoms with Gasteiger partial charge < -0.3 is 4.90 Å². The van der Waals surface area contributed by atoms with Gasteiger partial charge in [-0.1, -0.05) is 0 Å². The summed E-state index contributed by atoms with van der Waals surface area (Å²) < 4.78 is 0. The first-order valence-electron chi connectivity index (χ1n) is 5.47. The van der Waals surface area contributed by atoms with Gasteiger partial charge in [-0.15, -0.1) is 11.6 Å². The van der Waals surface area contributed by atoms with Gasteiger partial charge in [0, 0.05) is 36.2 Å². The van der Waals surface area contributed by atoms with Crippen molar-refractivity contribution in [2.24, 2.45) is 0 Å². The van der Waals surface area contributed by atoms with Crippen LogP contribution in [0.1, 0.15) is 22.8 Å². The van der Waals surface area contributed by atoms with E-state index in [1.54, 1.807) is 20.9 Å². The lowest BCUT2D eigenvalue weighted by atomic mass is 10.1. The second-order valence-corrected chi connectivity index (χ2v) is 4.97. The van der Waals surface area contributed by atoms with Crippen LogP contribution in [0.3, 0.4) is 0 Å². The molecule has 1 atom stereocenters. The van der Waals surface area contributed by atoms with Crippen LogP contribution in [-0.2, 0) is 0 Å². The Morgan fingerprint density at radius 3 is 2.61 bits per heavy atom. The van der Waals surface area contributed by atoms with Crippen LogP contribution in [0.25, 0.3) is 0 Å². The second kappa shape index (κ2) is 5.82. The average molecular weight is 271 g/mol. The highest BCUT2D eigenvalue weighted by molar-refractivity contribution is 6.20. The van der Waals surface area contributed by atoms with Gasteiger partial charge in [0.05, 0.1) is 4.92 Å². The summed E-state index contributed by atoms with van der Waals surface area (Å²) in [5, 5.41) is 10.5. The van der Waals surface area contributed by atoms with E-state index in [2.05, 4.69) is 0 Å². The Kier molecular flexibility index (Phi) is 4.67. The van der Waals surface area contributed by atoms with E-state index >= 15 is 0 Å². The number of hydrogen-bond acceptors (Lipinski definition) is 3. The molecule has 0 aliphatic rings. The van der Waals surface area contributed by atoms with E-state index < -0.39 is 4.92 Å². The Morgan fingerprint density at radius 1 is 1.56 bits per heavy atom. The lowest BCUT2D eigenvalue weighted by Crippen LogP contribution is -2.31. The first kappa shape index (κ1) is 14.4. The van der Waals surface area contributed by atoms with Crippen molar-refractivity contribution in [3.05, 3.63) is 39.4 Å². The normalized spacial score (nSPS) is 12.0. The minimum atomic E-state index is -0.464. The molecule has 1 unspecified atom stereocenters. The summed E-state index contributed by atoms with van der Waals surface area (Å²) in [4.78, 5) is 23.7. The van der Waals surface area contributed by atoms with Crippen LogP contribution in [0.15, 0.2) is 18.2 Å². The van der Waals surface area contributed by atoms with E-state index in [1.165, 1.54) is 23.1 Å². The molecule has 1 rings (SSSR count). The molecule has 18 heavy (non-hydrogen) atoms. The van der Waals surface area contributed by atoms with Gasteiger partial charge >= 0.3 is 0 Å². The molecule has 0 fully saturated rings. The van der Waals surface area contributed by atoms with Crippen LogP contribution in [0.2, 0.25) is 0 Å². The van der Waals surface area contributed by atoms with Crippen molar-refractivity contribution in [3.63, 3.8) is 0 Å². The number of alkyl halides is 1. The number of hydrogen-bond donors (Lipinski definition) is 0. The zero-order valence-corrected chi connectivity index (χ0v) is 11.3. The fourth-order valence-electron chi connectivity index (χ4n) is 1.67. The molecule has 0 N–H and O–H groups in total. The van der Waals surface area contributed by atoms with Gasteiger partial charge in [0.15, 0.2) is 0 Å². The van der Waals surface area contributed by atoms with Crippen LogP contribution in [0.5, 0.6) is 0 Å². The van der Waals surface area contributed by atoms with Gasteiger partial charge in [-0.3, -0.25) is 14.9 Å². The van der Waals surface area contributed by atoms with Crippen molar-refractivity contribution in [2.75, 3.05) is 13.6 Å². The molecule has 5 nitrogen and oxygen atoms in total. The highest BCUT2D eigenvalue weighted by atomic mass is 35.5. The van der Waals surface area contributed by atoms with E-state index in [4.69, 9.17) is 11.6 Å². The fourth-order valence-corrected chi connectivity index (χ4v) is 1.88. The van der Waals surface area contributed by atoms with Crippen LogP contribution in [-0.4, -0.2) is 34.7 Å². The van der Waals surface area contributed by atoms with Crippen LogP contribution < -0.4 is 0 Å². The van der Waals surface area contributed by atoms with E-state index in [1.807, 2.05) is 0 Å². The Hall–Kier alpha value is -1.62. The number of nitro groups is 1. The van der Waals surface area contributed by atoms with E-state index in [0.717, 1.165) is 0 Å². The first-order valence-corrected chi connectivity index (χ1v) is 5.91. The van der Waals surface area contributed by atoms with Crippen molar-refractivity contribution in [2.45, 2.75) is 19.2 Å². The number of halogens is 1. The van der Waals surface area contributed by atoms with Crippen molar-refractivity contribution in [3.8, 4) is 0 Å². The average Bonchev–Trinajstić information content (AvgIpc) is 2.26. The topological polar surface area (TPSA) is 63.5 Å².